The Hall–Kier alpha value is -0.570. The lowest BCUT2D eigenvalue weighted by Gasteiger charge is -2.45. The van der Waals surface area contributed by atoms with Crippen molar-refractivity contribution < 1.29 is 9.90 Å². The van der Waals surface area contributed by atoms with Crippen LogP contribution >= 0.6 is 0 Å². The standard InChI is InChI=1S/C15H29NO2/c1-4-13(5-2)12-16(3)15(11-14(17)18)9-7-6-8-10-15/h13H,4-12H2,1-3H3,(H,17,18). The lowest BCUT2D eigenvalue weighted by molar-refractivity contribution is -0.141. The van der Waals surface area contributed by atoms with Crippen molar-refractivity contribution in [2.24, 2.45) is 5.92 Å². The molecule has 1 fully saturated rings. The quantitative estimate of drug-likeness (QED) is 0.756. The van der Waals surface area contributed by atoms with Crippen molar-refractivity contribution in [1.82, 2.24) is 4.90 Å². The average Bonchev–Trinajstić information content (AvgIpc) is 2.35. The van der Waals surface area contributed by atoms with Gasteiger partial charge >= 0.3 is 5.97 Å². The lowest BCUT2D eigenvalue weighted by atomic mass is 9.77. The molecule has 0 saturated heterocycles. The summed E-state index contributed by atoms with van der Waals surface area (Å²) in [7, 11) is 2.13. The largest absolute Gasteiger partial charge is 0.481 e. The van der Waals surface area contributed by atoms with Crippen LogP contribution in [0.2, 0.25) is 0 Å². The molecular formula is C15H29NO2. The van der Waals surface area contributed by atoms with E-state index in [4.69, 9.17) is 0 Å². The second-order valence-electron chi connectivity index (χ2n) is 5.92. The molecule has 1 aliphatic rings. The number of carbonyl (C=O) groups is 1. The Kier molecular flexibility index (Phi) is 6.13. The van der Waals surface area contributed by atoms with E-state index in [9.17, 15) is 9.90 Å². The highest BCUT2D eigenvalue weighted by Crippen LogP contribution is 2.36. The van der Waals surface area contributed by atoms with Crippen molar-refractivity contribution >= 4 is 5.97 Å². The number of hydrogen-bond acceptors (Lipinski definition) is 2. The van der Waals surface area contributed by atoms with Gasteiger partial charge in [0.1, 0.15) is 0 Å². The third-order valence-electron chi connectivity index (χ3n) is 4.76. The van der Waals surface area contributed by atoms with E-state index in [0.717, 1.165) is 19.4 Å². The first-order valence-corrected chi connectivity index (χ1v) is 7.47. The van der Waals surface area contributed by atoms with E-state index in [1.54, 1.807) is 0 Å². The van der Waals surface area contributed by atoms with Gasteiger partial charge in [0.2, 0.25) is 0 Å². The number of aliphatic carboxylic acids is 1. The van der Waals surface area contributed by atoms with Crippen molar-refractivity contribution in [3.05, 3.63) is 0 Å². The fraction of sp³-hybridized carbons (Fsp3) is 0.933. The van der Waals surface area contributed by atoms with E-state index < -0.39 is 5.97 Å². The second-order valence-corrected chi connectivity index (χ2v) is 5.92. The summed E-state index contributed by atoms with van der Waals surface area (Å²) in [5.74, 6) is 0.0518. The maximum absolute atomic E-state index is 11.2. The summed E-state index contributed by atoms with van der Waals surface area (Å²) >= 11 is 0. The fourth-order valence-corrected chi connectivity index (χ4v) is 3.31. The number of hydrogen-bond donors (Lipinski definition) is 1. The summed E-state index contributed by atoms with van der Waals surface area (Å²) in [4.78, 5) is 13.5. The Bertz CT molecular complexity index is 255. The van der Waals surface area contributed by atoms with Crippen LogP contribution in [0.5, 0.6) is 0 Å². The Labute approximate surface area is 112 Å². The van der Waals surface area contributed by atoms with Crippen LogP contribution in [0.4, 0.5) is 0 Å². The van der Waals surface area contributed by atoms with Gasteiger partial charge in [0.25, 0.3) is 0 Å². The molecule has 1 rings (SSSR count). The van der Waals surface area contributed by atoms with Gasteiger partial charge in [-0.3, -0.25) is 9.69 Å². The first kappa shape index (κ1) is 15.5. The van der Waals surface area contributed by atoms with Crippen LogP contribution in [0, 0.1) is 5.92 Å². The van der Waals surface area contributed by atoms with Gasteiger partial charge in [-0.2, -0.15) is 0 Å². The van der Waals surface area contributed by atoms with E-state index in [1.165, 1.54) is 32.1 Å². The van der Waals surface area contributed by atoms with E-state index in [0.29, 0.717) is 12.3 Å². The van der Waals surface area contributed by atoms with Crippen molar-refractivity contribution in [3.8, 4) is 0 Å². The van der Waals surface area contributed by atoms with E-state index in [2.05, 4.69) is 25.8 Å². The fourth-order valence-electron chi connectivity index (χ4n) is 3.31. The van der Waals surface area contributed by atoms with Gasteiger partial charge in [0.15, 0.2) is 0 Å². The van der Waals surface area contributed by atoms with Gasteiger partial charge in [-0.1, -0.05) is 46.0 Å². The molecule has 3 nitrogen and oxygen atoms in total. The minimum Gasteiger partial charge on any atom is -0.481 e. The van der Waals surface area contributed by atoms with Crippen LogP contribution in [0.15, 0.2) is 0 Å². The van der Waals surface area contributed by atoms with Gasteiger partial charge in [0.05, 0.1) is 6.42 Å². The molecule has 0 radical (unpaired) electrons. The summed E-state index contributed by atoms with van der Waals surface area (Å²) in [6.45, 7) is 5.50. The molecule has 3 heteroatoms. The molecule has 0 unspecified atom stereocenters. The molecular weight excluding hydrogens is 226 g/mol. The molecule has 0 bridgehead atoms. The van der Waals surface area contributed by atoms with Crippen LogP contribution in [-0.2, 0) is 4.79 Å². The normalized spacial score (nSPS) is 19.4. The highest BCUT2D eigenvalue weighted by Gasteiger charge is 2.38. The summed E-state index contributed by atoms with van der Waals surface area (Å²) in [5.41, 5.74) is -0.0767. The maximum Gasteiger partial charge on any atom is 0.305 e. The summed E-state index contributed by atoms with van der Waals surface area (Å²) in [5, 5.41) is 9.20. The van der Waals surface area contributed by atoms with Gasteiger partial charge in [-0.05, 0) is 25.8 Å². The smallest absolute Gasteiger partial charge is 0.305 e. The van der Waals surface area contributed by atoms with E-state index >= 15 is 0 Å². The first-order chi connectivity index (χ1) is 8.54. The Morgan fingerprint density at radius 2 is 1.78 bits per heavy atom. The third-order valence-corrected chi connectivity index (χ3v) is 4.76. The minimum atomic E-state index is -0.645. The van der Waals surface area contributed by atoms with Gasteiger partial charge in [-0.15, -0.1) is 0 Å². The number of carboxylic acid groups (broad SMARTS) is 1. The molecule has 0 amide bonds. The molecule has 0 spiro atoms. The molecule has 0 aromatic heterocycles. The van der Waals surface area contributed by atoms with Crippen LogP contribution in [0.1, 0.15) is 65.2 Å². The van der Waals surface area contributed by atoms with Crippen LogP contribution in [0.25, 0.3) is 0 Å². The third kappa shape index (κ3) is 3.98. The number of carboxylic acids is 1. The predicted molar refractivity (Wildman–Crippen MR) is 74.8 cm³/mol. The van der Waals surface area contributed by atoms with Crippen LogP contribution in [0.3, 0.4) is 0 Å². The Balaban J connectivity index is 2.71. The molecule has 106 valence electrons. The SMILES string of the molecule is CCC(CC)CN(C)C1(CC(=O)O)CCCCC1. The van der Waals surface area contributed by atoms with Crippen molar-refractivity contribution in [3.63, 3.8) is 0 Å². The molecule has 0 atom stereocenters. The topological polar surface area (TPSA) is 40.5 Å². The van der Waals surface area contributed by atoms with Crippen LogP contribution < -0.4 is 0 Å². The highest BCUT2D eigenvalue weighted by atomic mass is 16.4. The minimum absolute atomic E-state index is 0.0767. The average molecular weight is 255 g/mol. The summed E-state index contributed by atoms with van der Waals surface area (Å²) in [6, 6.07) is 0. The molecule has 1 N–H and O–H groups in total. The molecule has 0 aliphatic heterocycles. The Morgan fingerprint density at radius 3 is 2.22 bits per heavy atom. The zero-order valence-corrected chi connectivity index (χ0v) is 12.2. The predicted octanol–water partition coefficient (Wildman–Crippen LogP) is 3.53. The van der Waals surface area contributed by atoms with Gasteiger partial charge in [-0.25, -0.2) is 0 Å². The molecule has 1 aliphatic carbocycles. The molecule has 0 aromatic rings. The lowest BCUT2D eigenvalue weighted by Crippen LogP contribution is -2.50. The second kappa shape index (κ2) is 7.13. The van der Waals surface area contributed by atoms with Gasteiger partial charge in [0, 0.05) is 12.1 Å². The molecule has 18 heavy (non-hydrogen) atoms. The molecule has 0 heterocycles. The monoisotopic (exact) mass is 255 g/mol. The first-order valence-electron chi connectivity index (χ1n) is 7.47. The maximum atomic E-state index is 11.2. The summed E-state index contributed by atoms with van der Waals surface area (Å²) < 4.78 is 0. The summed E-state index contributed by atoms with van der Waals surface area (Å²) in [6.07, 6.45) is 8.41. The van der Waals surface area contributed by atoms with Gasteiger partial charge < -0.3 is 5.11 Å². The van der Waals surface area contributed by atoms with Crippen molar-refractivity contribution in [1.29, 1.82) is 0 Å². The molecule has 0 aromatic carbocycles. The van der Waals surface area contributed by atoms with Crippen molar-refractivity contribution in [2.75, 3.05) is 13.6 Å². The van der Waals surface area contributed by atoms with E-state index in [1.807, 2.05) is 0 Å². The number of rotatable bonds is 7. The van der Waals surface area contributed by atoms with Crippen LogP contribution in [-0.4, -0.2) is 35.1 Å². The van der Waals surface area contributed by atoms with E-state index in [-0.39, 0.29) is 5.54 Å². The zero-order valence-electron chi connectivity index (χ0n) is 12.2. The Morgan fingerprint density at radius 1 is 1.22 bits per heavy atom. The van der Waals surface area contributed by atoms with Crippen molar-refractivity contribution in [2.45, 2.75) is 70.8 Å². The highest BCUT2D eigenvalue weighted by molar-refractivity contribution is 5.68. The molecule has 1 saturated carbocycles. The zero-order chi connectivity index (χ0) is 13.6. The number of nitrogens with zero attached hydrogens (tertiary/aromatic N) is 1.